The van der Waals surface area contributed by atoms with Gasteiger partial charge >= 0.3 is 11.9 Å². The van der Waals surface area contributed by atoms with E-state index in [1.165, 1.54) is 12.7 Å². The number of terminal acetylenes is 1. The maximum absolute atomic E-state index is 13.0. The molecule has 192 valence electrons. The fourth-order valence-electron chi connectivity index (χ4n) is 4.22. The minimum absolute atomic E-state index is 0.150. The van der Waals surface area contributed by atoms with E-state index in [9.17, 15) is 9.59 Å². The topological polar surface area (TPSA) is 105 Å². The van der Waals surface area contributed by atoms with Crippen LogP contribution in [0.3, 0.4) is 0 Å². The van der Waals surface area contributed by atoms with Gasteiger partial charge in [-0.3, -0.25) is 4.57 Å². The number of nitrogens with zero attached hydrogens (tertiary/aromatic N) is 4. The van der Waals surface area contributed by atoms with Gasteiger partial charge in [-0.2, -0.15) is 0 Å². The fraction of sp³-hybridized carbons (Fsp3) is 0.250. The molecule has 38 heavy (non-hydrogen) atoms. The Kier molecular flexibility index (Phi) is 6.85. The lowest BCUT2D eigenvalue weighted by atomic mass is 9.98. The van der Waals surface area contributed by atoms with Crippen molar-refractivity contribution in [1.29, 1.82) is 0 Å². The number of aromatic nitrogens is 4. The Morgan fingerprint density at radius 2 is 1.68 bits per heavy atom. The van der Waals surface area contributed by atoms with Gasteiger partial charge in [0.15, 0.2) is 16.9 Å². The third kappa shape index (κ3) is 4.84. The predicted molar refractivity (Wildman–Crippen MR) is 138 cm³/mol. The summed E-state index contributed by atoms with van der Waals surface area (Å²) < 4.78 is 19.4. The van der Waals surface area contributed by atoms with Crippen molar-refractivity contribution in [2.75, 3.05) is 6.61 Å². The predicted octanol–water partition coefficient (Wildman–Crippen LogP) is 4.47. The van der Waals surface area contributed by atoms with Gasteiger partial charge < -0.3 is 14.2 Å². The average Bonchev–Trinajstić information content (AvgIpc) is 3.51. The molecule has 1 saturated heterocycles. The lowest BCUT2D eigenvalue weighted by molar-refractivity contribution is -0.0967. The molecule has 4 aromatic rings. The van der Waals surface area contributed by atoms with Gasteiger partial charge in [0.05, 0.1) is 17.5 Å². The van der Waals surface area contributed by atoms with E-state index in [4.69, 9.17) is 32.2 Å². The number of imidazole rings is 1. The van der Waals surface area contributed by atoms with Crippen LogP contribution in [0.4, 0.5) is 0 Å². The Balaban J connectivity index is 1.44. The van der Waals surface area contributed by atoms with E-state index in [0.29, 0.717) is 22.3 Å². The standard InChI is InChI=1S/C28H23ClN4O5/c1-4-28(14-36-26(34)19-9-5-17(2)6-10-19)21(37-27(35)20-11-7-18(3)8-12-20)13-22(38-28)33-16-32-23-24(29)30-15-31-25(23)33/h1,5-12,15-16,21-22H,13-14H2,2-3H3/t21-,22+,28+/m0/s1. The summed E-state index contributed by atoms with van der Waals surface area (Å²) >= 11 is 6.16. The van der Waals surface area contributed by atoms with Crippen molar-refractivity contribution in [3.05, 3.63) is 88.6 Å². The maximum atomic E-state index is 13.0. The van der Waals surface area contributed by atoms with E-state index < -0.39 is 29.9 Å². The average molecular weight is 531 g/mol. The lowest BCUT2D eigenvalue weighted by Crippen LogP contribution is -2.45. The molecule has 0 unspecified atom stereocenters. The molecule has 0 saturated carbocycles. The molecule has 2 aromatic heterocycles. The van der Waals surface area contributed by atoms with E-state index >= 15 is 0 Å². The molecule has 0 bridgehead atoms. The van der Waals surface area contributed by atoms with E-state index in [2.05, 4.69) is 20.9 Å². The van der Waals surface area contributed by atoms with Crippen molar-refractivity contribution >= 4 is 34.7 Å². The van der Waals surface area contributed by atoms with Gasteiger partial charge in [-0.05, 0) is 38.1 Å². The number of hydrogen-bond donors (Lipinski definition) is 0. The fourth-order valence-corrected chi connectivity index (χ4v) is 4.39. The zero-order valence-corrected chi connectivity index (χ0v) is 21.4. The highest BCUT2D eigenvalue weighted by atomic mass is 35.5. The number of halogens is 1. The van der Waals surface area contributed by atoms with Crippen molar-refractivity contribution in [3.63, 3.8) is 0 Å². The van der Waals surface area contributed by atoms with Crippen molar-refractivity contribution in [2.24, 2.45) is 0 Å². The van der Waals surface area contributed by atoms with Crippen LogP contribution >= 0.6 is 11.6 Å². The van der Waals surface area contributed by atoms with Crippen molar-refractivity contribution in [2.45, 2.75) is 38.2 Å². The van der Waals surface area contributed by atoms with Gasteiger partial charge in [-0.15, -0.1) is 6.42 Å². The first-order valence-corrected chi connectivity index (χ1v) is 12.2. The van der Waals surface area contributed by atoms with Gasteiger partial charge in [0, 0.05) is 6.42 Å². The van der Waals surface area contributed by atoms with Crippen LogP contribution in [0.1, 0.15) is 44.5 Å². The van der Waals surface area contributed by atoms with Crippen molar-refractivity contribution < 1.29 is 23.8 Å². The normalized spacial score (nSPS) is 20.7. The van der Waals surface area contributed by atoms with Crippen LogP contribution in [-0.4, -0.2) is 49.8 Å². The number of fused-ring (bicyclic) bond motifs is 1. The first-order chi connectivity index (χ1) is 18.3. The second kappa shape index (κ2) is 10.2. The molecular formula is C28H23ClN4O5. The van der Waals surface area contributed by atoms with Crippen LogP contribution in [0.25, 0.3) is 11.2 Å². The summed E-state index contributed by atoms with van der Waals surface area (Å²) in [7, 11) is 0. The van der Waals surface area contributed by atoms with Crippen LogP contribution < -0.4 is 0 Å². The second-order valence-electron chi connectivity index (χ2n) is 9.03. The first kappa shape index (κ1) is 25.4. The molecule has 1 aliphatic rings. The monoisotopic (exact) mass is 530 g/mol. The highest BCUT2D eigenvalue weighted by Gasteiger charge is 2.52. The molecule has 3 atom stereocenters. The number of aryl methyl sites for hydroxylation is 2. The van der Waals surface area contributed by atoms with Crippen molar-refractivity contribution in [1.82, 2.24) is 19.5 Å². The number of hydrogen-bond acceptors (Lipinski definition) is 8. The molecular weight excluding hydrogens is 508 g/mol. The number of carbonyl (C=O) groups is 2. The summed E-state index contributed by atoms with van der Waals surface area (Å²) in [6, 6.07) is 13.9. The van der Waals surface area contributed by atoms with E-state index in [1.54, 1.807) is 41.0 Å². The zero-order valence-electron chi connectivity index (χ0n) is 20.6. The molecule has 5 rings (SSSR count). The van der Waals surface area contributed by atoms with Gasteiger partial charge in [-0.25, -0.2) is 24.5 Å². The zero-order chi connectivity index (χ0) is 26.9. The molecule has 0 radical (unpaired) electrons. The van der Waals surface area contributed by atoms with Crippen LogP contribution in [0.15, 0.2) is 61.2 Å². The van der Waals surface area contributed by atoms with Gasteiger partial charge in [0.2, 0.25) is 5.60 Å². The summed E-state index contributed by atoms with van der Waals surface area (Å²) in [6.45, 7) is 3.49. The molecule has 10 heteroatoms. The summed E-state index contributed by atoms with van der Waals surface area (Å²) in [5.41, 5.74) is 1.95. The highest BCUT2D eigenvalue weighted by Crippen LogP contribution is 2.40. The Morgan fingerprint density at radius 1 is 1.05 bits per heavy atom. The molecule has 3 heterocycles. The van der Waals surface area contributed by atoms with Gasteiger partial charge in [0.1, 0.15) is 24.7 Å². The number of carbonyl (C=O) groups excluding carboxylic acids is 2. The van der Waals surface area contributed by atoms with Crippen LogP contribution in [0.2, 0.25) is 5.15 Å². The SMILES string of the molecule is C#C[C@]1(COC(=O)c2ccc(C)cc2)O[C@@H](n2cnc3c(Cl)ncnc32)C[C@@H]1OC(=O)c1ccc(C)cc1. The van der Waals surface area contributed by atoms with Crippen LogP contribution in [0.5, 0.6) is 0 Å². The van der Waals surface area contributed by atoms with Crippen LogP contribution in [0, 0.1) is 26.2 Å². The Hall–Kier alpha value is -4.26. The lowest BCUT2D eigenvalue weighted by Gasteiger charge is -2.28. The molecule has 0 N–H and O–H groups in total. The number of benzene rings is 2. The molecule has 9 nitrogen and oxygen atoms in total. The van der Waals surface area contributed by atoms with E-state index in [1.807, 2.05) is 26.0 Å². The number of esters is 2. The molecule has 0 aliphatic carbocycles. The maximum Gasteiger partial charge on any atom is 0.338 e. The summed E-state index contributed by atoms with van der Waals surface area (Å²) in [4.78, 5) is 38.3. The van der Waals surface area contributed by atoms with Gasteiger partial charge in [-0.1, -0.05) is 52.9 Å². The Labute approximate surface area is 223 Å². The van der Waals surface area contributed by atoms with Gasteiger partial charge in [0.25, 0.3) is 0 Å². The second-order valence-corrected chi connectivity index (χ2v) is 9.39. The molecule has 1 fully saturated rings. The minimum atomic E-state index is -1.57. The first-order valence-electron chi connectivity index (χ1n) is 11.8. The third-order valence-corrected chi connectivity index (χ3v) is 6.67. The Bertz CT molecular complexity index is 1540. The van der Waals surface area contributed by atoms with E-state index in [0.717, 1.165) is 11.1 Å². The van der Waals surface area contributed by atoms with E-state index in [-0.39, 0.29) is 18.2 Å². The summed E-state index contributed by atoms with van der Waals surface area (Å²) in [5.74, 6) is 1.43. The third-order valence-electron chi connectivity index (χ3n) is 6.39. The number of ether oxygens (including phenoxy) is 3. The van der Waals surface area contributed by atoms with Crippen molar-refractivity contribution in [3.8, 4) is 12.3 Å². The Morgan fingerprint density at radius 3 is 2.32 bits per heavy atom. The molecule has 2 aromatic carbocycles. The smallest absolute Gasteiger partial charge is 0.338 e. The number of rotatable bonds is 6. The quantitative estimate of drug-likeness (QED) is 0.204. The molecule has 0 spiro atoms. The molecule has 1 aliphatic heterocycles. The van der Waals surface area contributed by atoms with Crippen LogP contribution in [-0.2, 0) is 14.2 Å². The molecule has 0 amide bonds. The highest BCUT2D eigenvalue weighted by molar-refractivity contribution is 6.33. The summed E-state index contributed by atoms with van der Waals surface area (Å²) in [5, 5.41) is 0.185. The minimum Gasteiger partial charge on any atom is -0.458 e. The summed E-state index contributed by atoms with van der Waals surface area (Å²) in [6.07, 6.45) is 7.23. The largest absolute Gasteiger partial charge is 0.458 e.